The molecule has 0 saturated heterocycles. The second-order valence-corrected chi connectivity index (χ2v) is 15.6. The van der Waals surface area contributed by atoms with E-state index in [0.717, 1.165) is 47.9 Å². The molecular weight excluding hydrogens is 568 g/mol. The predicted octanol–water partition coefficient (Wildman–Crippen LogP) is 7.59. The zero-order valence-electron chi connectivity index (χ0n) is 27.8. The first-order chi connectivity index (χ1) is 21.0. The lowest BCUT2D eigenvalue weighted by molar-refractivity contribution is -0.147. The Bertz CT molecular complexity index is 1330. The summed E-state index contributed by atoms with van der Waals surface area (Å²) < 4.78 is 5.60. The van der Waals surface area contributed by atoms with Gasteiger partial charge in [-0.15, -0.1) is 0 Å². The van der Waals surface area contributed by atoms with Crippen molar-refractivity contribution in [1.82, 2.24) is 5.32 Å². The summed E-state index contributed by atoms with van der Waals surface area (Å²) in [6.07, 6.45) is 4.85. The monoisotopic (exact) mass is 620 g/mol. The molecule has 2 saturated carbocycles. The fourth-order valence-electron chi connectivity index (χ4n) is 7.41. The number of alkyl carbamates (subject to hydrolysis) is 1. The van der Waals surface area contributed by atoms with Gasteiger partial charge < -0.3 is 26.0 Å². The standard InChI is InChI=1S/C26H31NO4.C11H21NO2/c1-25(2,3)17-12-14-26(15-13-17,23(28)29)27-24(30)31-16-22-20-10-6-4-8-18(20)19-9-5-7-11-21(19)22;1-10(2,3)8-4-6-11(12,7-5-8)9(13)14/h4-11,17,22H,12-16H2,1-3H3,(H,27,30)(H,28,29);8H,4-7,12H2,1-3H3,(H,13,14). The van der Waals surface area contributed by atoms with Crippen LogP contribution in [0.15, 0.2) is 48.5 Å². The Morgan fingerprint density at radius 2 is 1.18 bits per heavy atom. The Morgan fingerprint density at radius 3 is 1.58 bits per heavy atom. The average Bonchev–Trinajstić information content (AvgIpc) is 3.29. The lowest BCUT2D eigenvalue weighted by Crippen LogP contribution is -2.57. The minimum Gasteiger partial charge on any atom is -0.480 e. The zero-order valence-corrected chi connectivity index (χ0v) is 27.8. The van der Waals surface area contributed by atoms with Gasteiger partial charge >= 0.3 is 18.0 Å². The maximum absolute atomic E-state index is 12.7. The van der Waals surface area contributed by atoms with Crippen molar-refractivity contribution in [3.05, 3.63) is 59.7 Å². The predicted molar refractivity (Wildman–Crippen MR) is 176 cm³/mol. The van der Waals surface area contributed by atoms with Crippen LogP contribution in [0.5, 0.6) is 0 Å². The van der Waals surface area contributed by atoms with E-state index < -0.39 is 29.1 Å². The molecule has 3 aliphatic rings. The first kappa shape index (κ1) is 34.5. The van der Waals surface area contributed by atoms with Gasteiger partial charge in [-0.25, -0.2) is 9.59 Å². The van der Waals surface area contributed by atoms with Crippen molar-refractivity contribution in [3.63, 3.8) is 0 Å². The maximum Gasteiger partial charge on any atom is 0.408 e. The number of benzene rings is 2. The Hall–Kier alpha value is -3.39. The molecule has 0 aliphatic heterocycles. The van der Waals surface area contributed by atoms with E-state index in [4.69, 9.17) is 15.6 Å². The molecule has 0 heterocycles. The van der Waals surface area contributed by atoms with Gasteiger partial charge in [0.1, 0.15) is 17.7 Å². The number of hydrogen-bond donors (Lipinski definition) is 4. The molecule has 3 aliphatic carbocycles. The lowest BCUT2D eigenvalue weighted by Gasteiger charge is -2.41. The molecule has 45 heavy (non-hydrogen) atoms. The van der Waals surface area contributed by atoms with E-state index in [2.05, 4.69) is 71.1 Å². The Balaban J connectivity index is 0.000000276. The Kier molecular flexibility index (Phi) is 10.1. The molecule has 8 nitrogen and oxygen atoms in total. The number of nitrogens with one attached hydrogen (secondary N) is 1. The molecule has 5 N–H and O–H groups in total. The summed E-state index contributed by atoms with van der Waals surface area (Å²) in [5, 5.41) is 21.6. The molecular formula is C37H52N2O6. The molecule has 5 rings (SSSR count). The number of carbonyl (C=O) groups is 3. The number of aliphatic carboxylic acids is 2. The van der Waals surface area contributed by atoms with Crippen LogP contribution < -0.4 is 11.1 Å². The van der Waals surface area contributed by atoms with Crippen molar-refractivity contribution in [1.29, 1.82) is 0 Å². The number of carboxylic acid groups (broad SMARTS) is 2. The number of carboxylic acids is 2. The highest BCUT2D eigenvalue weighted by Gasteiger charge is 2.46. The normalized spacial score (nSPS) is 26.5. The summed E-state index contributed by atoms with van der Waals surface area (Å²) in [7, 11) is 0. The largest absolute Gasteiger partial charge is 0.480 e. The lowest BCUT2D eigenvalue weighted by atomic mass is 9.67. The highest BCUT2D eigenvalue weighted by atomic mass is 16.5. The van der Waals surface area contributed by atoms with Gasteiger partial charge in [-0.1, -0.05) is 90.1 Å². The molecule has 0 unspecified atom stereocenters. The van der Waals surface area contributed by atoms with Gasteiger partial charge in [0.25, 0.3) is 0 Å². The van der Waals surface area contributed by atoms with Crippen LogP contribution in [-0.2, 0) is 14.3 Å². The highest BCUT2D eigenvalue weighted by Crippen LogP contribution is 2.45. The van der Waals surface area contributed by atoms with Crippen molar-refractivity contribution in [2.75, 3.05) is 6.61 Å². The third-order valence-electron chi connectivity index (χ3n) is 10.7. The van der Waals surface area contributed by atoms with Gasteiger partial charge in [-0.05, 0) is 96.3 Å². The summed E-state index contributed by atoms with van der Waals surface area (Å²) in [5.74, 6) is -0.809. The van der Waals surface area contributed by atoms with Gasteiger partial charge in [0, 0.05) is 5.92 Å². The topological polar surface area (TPSA) is 139 Å². The van der Waals surface area contributed by atoms with Crippen LogP contribution in [0.3, 0.4) is 0 Å². The van der Waals surface area contributed by atoms with Crippen LogP contribution in [0.4, 0.5) is 4.79 Å². The van der Waals surface area contributed by atoms with Crippen LogP contribution >= 0.6 is 0 Å². The number of nitrogens with two attached hydrogens (primary N) is 1. The molecule has 2 fully saturated rings. The zero-order chi connectivity index (χ0) is 33.2. The molecule has 2 aromatic rings. The van der Waals surface area contributed by atoms with Gasteiger partial charge in [0.05, 0.1) is 0 Å². The SMILES string of the molecule is CC(C)(C)C1CCC(N)(C(=O)O)CC1.CC(C)(C)C1CCC(NC(=O)OCC2c3ccccc3-c3ccccc32)(C(=O)O)CC1. The molecule has 0 aromatic heterocycles. The van der Waals surface area contributed by atoms with Crippen LogP contribution in [0, 0.1) is 22.7 Å². The molecule has 1 amide bonds. The van der Waals surface area contributed by atoms with Crippen molar-refractivity contribution < 1.29 is 29.3 Å². The fourth-order valence-corrected chi connectivity index (χ4v) is 7.41. The minimum absolute atomic E-state index is 0.0458. The number of amides is 1. The molecule has 0 bridgehead atoms. The summed E-state index contributed by atoms with van der Waals surface area (Å²) in [6.45, 7) is 13.4. The summed E-state index contributed by atoms with van der Waals surface area (Å²) in [4.78, 5) is 35.7. The van der Waals surface area contributed by atoms with Gasteiger partial charge in [0.15, 0.2) is 0 Å². The number of fused-ring (bicyclic) bond motifs is 3. The van der Waals surface area contributed by atoms with Crippen molar-refractivity contribution in [2.24, 2.45) is 28.4 Å². The minimum atomic E-state index is -1.25. The number of carbonyl (C=O) groups excluding carboxylic acids is 1. The third kappa shape index (κ3) is 7.71. The van der Waals surface area contributed by atoms with E-state index in [0.29, 0.717) is 37.5 Å². The highest BCUT2D eigenvalue weighted by molar-refractivity contribution is 5.85. The van der Waals surface area contributed by atoms with E-state index in [1.807, 2.05) is 24.3 Å². The number of ether oxygens (including phenoxy) is 1. The Labute approximate surface area is 268 Å². The second kappa shape index (κ2) is 13.1. The third-order valence-corrected chi connectivity index (χ3v) is 10.7. The van der Waals surface area contributed by atoms with Gasteiger partial charge in [-0.3, -0.25) is 4.79 Å². The molecule has 0 radical (unpaired) electrons. The molecule has 2 aromatic carbocycles. The first-order valence-electron chi connectivity index (χ1n) is 16.4. The second-order valence-electron chi connectivity index (χ2n) is 15.6. The van der Waals surface area contributed by atoms with Crippen LogP contribution in [0.2, 0.25) is 0 Å². The quantitative estimate of drug-likeness (QED) is 0.270. The molecule has 0 spiro atoms. The van der Waals surface area contributed by atoms with Gasteiger partial charge in [0.2, 0.25) is 0 Å². The molecule has 8 heteroatoms. The van der Waals surface area contributed by atoms with Crippen molar-refractivity contribution in [2.45, 2.75) is 110 Å². The van der Waals surface area contributed by atoms with Crippen LogP contribution in [-0.4, -0.2) is 45.9 Å². The summed E-state index contributed by atoms with van der Waals surface area (Å²) in [6, 6.07) is 16.3. The van der Waals surface area contributed by atoms with Crippen molar-refractivity contribution >= 4 is 18.0 Å². The number of hydrogen-bond acceptors (Lipinski definition) is 5. The maximum atomic E-state index is 12.7. The van der Waals surface area contributed by atoms with E-state index in [1.54, 1.807) is 0 Å². The molecule has 0 atom stereocenters. The Morgan fingerprint density at radius 1 is 0.756 bits per heavy atom. The van der Waals surface area contributed by atoms with E-state index in [1.165, 1.54) is 0 Å². The summed E-state index contributed by atoms with van der Waals surface area (Å²) in [5.41, 5.74) is 8.61. The van der Waals surface area contributed by atoms with Gasteiger partial charge in [-0.2, -0.15) is 0 Å². The van der Waals surface area contributed by atoms with Crippen molar-refractivity contribution in [3.8, 4) is 11.1 Å². The van der Waals surface area contributed by atoms with E-state index >= 15 is 0 Å². The van der Waals surface area contributed by atoms with Crippen LogP contribution in [0.1, 0.15) is 110 Å². The first-order valence-corrected chi connectivity index (χ1v) is 16.4. The van der Waals surface area contributed by atoms with Crippen LogP contribution in [0.25, 0.3) is 11.1 Å². The van der Waals surface area contributed by atoms with E-state index in [-0.39, 0.29) is 23.4 Å². The fraction of sp³-hybridized carbons (Fsp3) is 0.595. The molecule has 246 valence electrons. The van der Waals surface area contributed by atoms with E-state index in [9.17, 15) is 19.5 Å². The summed E-state index contributed by atoms with van der Waals surface area (Å²) >= 11 is 0. The average molecular weight is 621 g/mol. The number of rotatable bonds is 5. The smallest absolute Gasteiger partial charge is 0.408 e.